The highest BCUT2D eigenvalue weighted by Gasteiger charge is 2.44. The van der Waals surface area contributed by atoms with E-state index in [1.54, 1.807) is 10.9 Å². The second-order valence-corrected chi connectivity index (χ2v) is 8.45. The number of nitrogens with one attached hydrogen (secondary N) is 1. The number of hydrogen-bond acceptors (Lipinski definition) is 4. The SMILES string of the molecule is Cc1[nH]c(CN2CCC(C(=O)O)(n3ccc(C(C)(C)C)n3)CC2)cc1C#N. The lowest BCUT2D eigenvalue weighted by atomic mass is 9.87. The van der Waals surface area contributed by atoms with Gasteiger partial charge in [0.05, 0.1) is 11.3 Å². The molecule has 27 heavy (non-hydrogen) atoms. The maximum atomic E-state index is 12.2. The van der Waals surface area contributed by atoms with Crippen LogP contribution in [0.25, 0.3) is 0 Å². The van der Waals surface area contributed by atoms with Gasteiger partial charge in [-0.25, -0.2) is 4.79 Å². The third-order valence-corrected chi connectivity index (χ3v) is 5.46. The van der Waals surface area contributed by atoms with E-state index < -0.39 is 11.5 Å². The van der Waals surface area contributed by atoms with Gasteiger partial charge >= 0.3 is 5.97 Å². The predicted octanol–water partition coefficient (Wildman–Crippen LogP) is 2.76. The van der Waals surface area contributed by atoms with Crippen LogP contribution in [0.3, 0.4) is 0 Å². The van der Waals surface area contributed by atoms with E-state index in [0.717, 1.165) is 17.1 Å². The van der Waals surface area contributed by atoms with Crippen LogP contribution < -0.4 is 0 Å². The number of H-pyrrole nitrogens is 1. The molecule has 3 heterocycles. The molecule has 0 atom stereocenters. The van der Waals surface area contributed by atoms with Crippen molar-refractivity contribution < 1.29 is 9.90 Å². The molecule has 0 aromatic carbocycles. The number of aromatic nitrogens is 3. The molecule has 7 nitrogen and oxygen atoms in total. The first kappa shape index (κ1) is 19.2. The predicted molar refractivity (Wildman–Crippen MR) is 101 cm³/mol. The van der Waals surface area contributed by atoms with E-state index in [-0.39, 0.29) is 5.41 Å². The third-order valence-electron chi connectivity index (χ3n) is 5.46. The van der Waals surface area contributed by atoms with Crippen LogP contribution in [0.2, 0.25) is 0 Å². The van der Waals surface area contributed by atoms with Crippen LogP contribution in [-0.4, -0.2) is 43.8 Å². The molecule has 1 aliphatic rings. The minimum atomic E-state index is -0.997. The molecule has 2 N–H and O–H groups in total. The zero-order chi connectivity index (χ0) is 19.8. The number of rotatable bonds is 4. The summed E-state index contributed by atoms with van der Waals surface area (Å²) in [5.41, 5.74) is 2.31. The summed E-state index contributed by atoms with van der Waals surface area (Å²) in [7, 11) is 0. The molecular formula is C20H27N5O2. The van der Waals surface area contributed by atoms with Crippen molar-refractivity contribution in [3.63, 3.8) is 0 Å². The molecule has 0 amide bonds. The number of hydrogen-bond donors (Lipinski definition) is 2. The monoisotopic (exact) mass is 369 g/mol. The van der Waals surface area contributed by atoms with Crippen molar-refractivity contribution in [2.75, 3.05) is 13.1 Å². The van der Waals surface area contributed by atoms with Crippen LogP contribution in [0.4, 0.5) is 0 Å². The molecular weight excluding hydrogens is 342 g/mol. The van der Waals surface area contributed by atoms with E-state index in [1.807, 2.05) is 19.1 Å². The van der Waals surface area contributed by atoms with E-state index in [4.69, 9.17) is 5.26 Å². The average molecular weight is 369 g/mol. The van der Waals surface area contributed by atoms with Gasteiger partial charge in [0, 0.05) is 42.6 Å². The average Bonchev–Trinajstić information content (AvgIpc) is 3.22. The number of aryl methyl sites for hydroxylation is 1. The van der Waals surface area contributed by atoms with Crippen LogP contribution in [-0.2, 0) is 22.3 Å². The number of nitriles is 1. The van der Waals surface area contributed by atoms with Crippen LogP contribution in [0, 0.1) is 18.3 Å². The first-order valence-electron chi connectivity index (χ1n) is 9.27. The molecule has 0 spiro atoms. The second-order valence-electron chi connectivity index (χ2n) is 8.45. The molecule has 1 fully saturated rings. The number of piperidine rings is 1. The number of likely N-dealkylation sites (tertiary alicyclic amines) is 1. The first-order chi connectivity index (χ1) is 12.7. The Morgan fingerprint density at radius 3 is 2.56 bits per heavy atom. The molecule has 1 aliphatic heterocycles. The summed E-state index contributed by atoms with van der Waals surface area (Å²) in [5, 5.41) is 23.7. The summed E-state index contributed by atoms with van der Waals surface area (Å²) >= 11 is 0. The molecule has 0 bridgehead atoms. The Morgan fingerprint density at radius 2 is 2.07 bits per heavy atom. The van der Waals surface area contributed by atoms with Gasteiger partial charge in [-0.1, -0.05) is 20.8 Å². The zero-order valence-corrected chi connectivity index (χ0v) is 16.4. The van der Waals surface area contributed by atoms with Gasteiger partial charge in [-0.15, -0.1) is 0 Å². The molecule has 0 radical (unpaired) electrons. The third kappa shape index (κ3) is 3.62. The van der Waals surface area contributed by atoms with Gasteiger partial charge in [-0.2, -0.15) is 10.4 Å². The van der Waals surface area contributed by atoms with Gasteiger partial charge in [-0.3, -0.25) is 9.58 Å². The summed E-state index contributed by atoms with van der Waals surface area (Å²) in [5.74, 6) is -0.826. The van der Waals surface area contributed by atoms with Crippen molar-refractivity contribution in [1.82, 2.24) is 19.7 Å². The lowest BCUT2D eigenvalue weighted by Crippen LogP contribution is -2.51. The molecule has 7 heteroatoms. The fraction of sp³-hybridized carbons (Fsp3) is 0.550. The standard InChI is InChI=1S/C20H27N5O2/c1-14-15(12-21)11-16(22-14)13-24-9-6-20(7-10-24,18(26)27)25-8-5-17(23-25)19(2,3)4/h5,8,11,22H,6-7,9-10,13H2,1-4H3,(H,26,27). The Bertz CT molecular complexity index is 873. The van der Waals surface area contributed by atoms with Crippen molar-refractivity contribution in [1.29, 1.82) is 5.26 Å². The largest absolute Gasteiger partial charge is 0.479 e. The highest BCUT2D eigenvalue weighted by molar-refractivity contribution is 5.76. The van der Waals surface area contributed by atoms with Gasteiger partial charge in [0.2, 0.25) is 0 Å². The zero-order valence-electron chi connectivity index (χ0n) is 16.4. The van der Waals surface area contributed by atoms with Crippen molar-refractivity contribution in [2.24, 2.45) is 0 Å². The molecule has 0 unspecified atom stereocenters. The van der Waals surface area contributed by atoms with Crippen LogP contribution in [0.1, 0.15) is 56.3 Å². The van der Waals surface area contributed by atoms with Crippen LogP contribution >= 0.6 is 0 Å². The van der Waals surface area contributed by atoms with Crippen molar-refractivity contribution >= 4 is 5.97 Å². The Hall–Kier alpha value is -2.59. The summed E-state index contributed by atoms with van der Waals surface area (Å²) in [4.78, 5) is 17.6. The van der Waals surface area contributed by atoms with E-state index >= 15 is 0 Å². The Labute approximate surface area is 159 Å². The summed E-state index contributed by atoms with van der Waals surface area (Å²) in [6.45, 7) is 10.1. The van der Waals surface area contributed by atoms with Gasteiger partial charge in [0.15, 0.2) is 5.54 Å². The Morgan fingerprint density at radius 1 is 1.41 bits per heavy atom. The molecule has 1 saturated heterocycles. The fourth-order valence-electron chi connectivity index (χ4n) is 3.65. The number of aromatic amines is 1. The second kappa shape index (κ2) is 6.86. The summed E-state index contributed by atoms with van der Waals surface area (Å²) < 4.78 is 1.65. The van der Waals surface area contributed by atoms with Crippen LogP contribution in [0.15, 0.2) is 18.3 Å². The lowest BCUT2D eigenvalue weighted by molar-refractivity contribution is -0.151. The van der Waals surface area contributed by atoms with Gasteiger partial charge in [-0.05, 0) is 31.9 Å². The topological polar surface area (TPSA) is 97.9 Å². The van der Waals surface area contributed by atoms with Crippen molar-refractivity contribution in [3.05, 3.63) is 41.0 Å². The highest BCUT2D eigenvalue weighted by atomic mass is 16.4. The van der Waals surface area contributed by atoms with Gasteiger partial charge < -0.3 is 10.1 Å². The minimum absolute atomic E-state index is 0.116. The van der Waals surface area contributed by atoms with E-state index in [1.165, 1.54) is 0 Å². The first-order valence-corrected chi connectivity index (χ1v) is 9.27. The van der Waals surface area contributed by atoms with Gasteiger partial charge in [0.25, 0.3) is 0 Å². The molecule has 0 aliphatic carbocycles. The van der Waals surface area contributed by atoms with E-state index in [2.05, 4.69) is 41.8 Å². The Kier molecular flexibility index (Phi) is 4.87. The Balaban J connectivity index is 1.74. The smallest absolute Gasteiger partial charge is 0.331 e. The maximum Gasteiger partial charge on any atom is 0.331 e. The highest BCUT2D eigenvalue weighted by Crippen LogP contribution is 2.32. The lowest BCUT2D eigenvalue weighted by Gasteiger charge is -2.39. The summed E-state index contributed by atoms with van der Waals surface area (Å²) in [6, 6.07) is 5.97. The van der Waals surface area contributed by atoms with Crippen LogP contribution in [0.5, 0.6) is 0 Å². The molecule has 0 saturated carbocycles. The number of nitrogens with zero attached hydrogens (tertiary/aromatic N) is 4. The normalized spacial score (nSPS) is 17.6. The number of carboxylic acid groups (broad SMARTS) is 1. The van der Waals surface area contributed by atoms with Crippen molar-refractivity contribution in [2.45, 2.75) is 58.0 Å². The summed E-state index contributed by atoms with van der Waals surface area (Å²) in [6.07, 6.45) is 2.80. The fourth-order valence-corrected chi connectivity index (χ4v) is 3.65. The number of carbonyl (C=O) groups is 1. The minimum Gasteiger partial charge on any atom is -0.479 e. The molecule has 3 rings (SSSR count). The van der Waals surface area contributed by atoms with E-state index in [9.17, 15) is 9.90 Å². The number of carboxylic acids is 1. The number of aliphatic carboxylic acids is 1. The van der Waals surface area contributed by atoms with E-state index in [0.29, 0.717) is 38.0 Å². The quantitative estimate of drug-likeness (QED) is 0.863. The maximum absolute atomic E-state index is 12.2. The molecule has 2 aromatic rings. The van der Waals surface area contributed by atoms with Gasteiger partial charge in [0.1, 0.15) is 6.07 Å². The molecule has 2 aromatic heterocycles. The van der Waals surface area contributed by atoms with Crippen molar-refractivity contribution in [3.8, 4) is 6.07 Å². The molecule has 144 valence electrons.